The van der Waals surface area contributed by atoms with Crippen LogP contribution in [0.1, 0.15) is 5.69 Å². The Hall–Kier alpha value is -0.530. The number of anilines is 1. The van der Waals surface area contributed by atoms with Gasteiger partial charge in [0.1, 0.15) is 0 Å². The molecule has 2 rings (SSSR count). The van der Waals surface area contributed by atoms with Gasteiger partial charge in [-0.2, -0.15) is 0 Å². The van der Waals surface area contributed by atoms with Crippen molar-refractivity contribution in [2.75, 3.05) is 11.9 Å². The zero-order chi connectivity index (χ0) is 9.80. The Bertz CT molecular complexity index is 386. The molecule has 0 spiro atoms. The Kier molecular flexibility index (Phi) is 3.44. The van der Waals surface area contributed by atoms with E-state index in [1.807, 2.05) is 5.51 Å². The molecular weight excluding hydrogens is 284 g/mol. The Morgan fingerprint density at radius 3 is 3.00 bits per heavy atom. The summed E-state index contributed by atoms with van der Waals surface area (Å²) in [5, 5.41) is 13.8. The second-order valence-electron chi connectivity index (χ2n) is 2.52. The first-order chi connectivity index (χ1) is 6.84. The first-order valence-electron chi connectivity index (χ1n) is 3.94. The molecule has 0 saturated carbocycles. The molecular formula is C7H7BrN4S2. The Morgan fingerprint density at radius 1 is 1.43 bits per heavy atom. The molecule has 4 nitrogen and oxygen atoms in total. The molecule has 0 aliphatic rings. The fourth-order valence-corrected chi connectivity index (χ4v) is 2.56. The molecule has 14 heavy (non-hydrogen) atoms. The number of rotatable bonds is 4. The predicted octanol–water partition coefficient (Wildman–Crippen LogP) is 2.41. The van der Waals surface area contributed by atoms with Crippen molar-refractivity contribution in [3.8, 4) is 0 Å². The van der Waals surface area contributed by atoms with Gasteiger partial charge in [0.05, 0.1) is 11.2 Å². The Morgan fingerprint density at radius 2 is 2.36 bits per heavy atom. The zero-order valence-corrected chi connectivity index (χ0v) is 10.3. The van der Waals surface area contributed by atoms with Crippen molar-refractivity contribution in [1.29, 1.82) is 0 Å². The van der Waals surface area contributed by atoms with Gasteiger partial charge in [0.25, 0.3) is 0 Å². The molecule has 2 heterocycles. The van der Waals surface area contributed by atoms with Crippen molar-refractivity contribution in [2.45, 2.75) is 6.42 Å². The first-order valence-corrected chi connectivity index (χ1v) is 6.50. The minimum atomic E-state index is 0.800. The molecule has 0 atom stereocenters. The normalized spacial score (nSPS) is 10.4. The molecule has 0 fully saturated rings. The highest BCUT2D eigenvalue weighted by Gasteiger charge is 2.00. The molecule has 0 bridgehead atoms. The van der Waals surface area contributed by atoms with Crippen LogP contribution in [-0.4, -0.2) is 21.7 Å². The number of hydrogen-bond donors (Lipinski definition) is 1. The highest BCUT2D eigenvalue weighted by atomic mass is 79.9. The van der Waals surface area contributed by atoms with Crippen LogP contribution in [0.2, 0.25) is 0 Å². The maximum atomic E-state index is 4.19. The van der Waals surface area contributed by atoms with E-state index in [2.05, 4.69) is 41.8 Å². The van der Waals surface area contributed by atoms with Crippen LogP contribution < -0.4 is 5.32 Å². The summed E-state index contributed by atoms with van der Waals surface area (Å²) in [7, 11) is 0. The molecule has 0 amide bonds. The zero-order valence-electron chi connectivity index (χ0n) is 7.11. The van der Waals surface area contributed by atoms with Crippen LogP contribution in [0.5, 0.6) is 0 Å². The first kappa shape index (κ1) is 10.0. The van der Waals surface area contributed by atoms with Crippen molar-refractivity contribution < 1.29 is 0 Å². The van der Waals surface area contributed by atoms with Crippen molar-refractivity contribution in [3.63, 3.8) is 0 Å². The van der Waals surface area contributed by atoms with Crippen molar-refractivity contribution in [2.24, 2.45) is 0 Å². The lowest BCUT2D eigenvalue weighted by atomic mass is 10.3. The number of nitrogens with zero attached hydrogens (tertiary/aromatic N) is 3. The lowest BCUT2D eigenvalue weighted by Crippen LogP contribution is -2.04. The third-order valence-electron chi connectivity index (χ3n) is 1.54. The van der Waals surface area contributed by atoms with Gasteiger partial charge in [0.15, 0.2) is 3.92 Å². The van der Waals surface area contributed by atoms with E-state index in [0.717, 1.165) is 27.7 Å². The third-order valence-corrected chi connectivity index (χ3v) is 3.49. The van der Waals surface area contributed by atoms with Crippen LogP contribution in [0.3, 0.4) is 0 Å². The van der Waals surface area contributed by atoms with Crippen molar-refractivity contribution in [1.82, 2.24) is 15.2 Å². The quantitative estimate of drug-likeness (QED) is 0.940. The number of nitrogens with one attached hydrogen (secondary N) is 1. The van der Waals surface area contributed by atoms with Crippen LogP contribution in [0.4, 0.5) is 5.13 Å². The SMILES string of the molecule is Brc1nnc(NCCc2cscn2)s1. The molecule has 2 aromatic heterocycles. The molecule has 2 aromatic rings. The van der Waals surface area contributed by atoms with Gasteiger partial charge in [-0.05, 0) is 15.9 Å². The van der Waals surface area contributed by atoms with Crippen LogP contribution in [0.25, 0.3) is 0 Å². The summed E-state index contributed by atoms with van der Waals surface area (Å²) in [6.07, 6.45) is 0.917. The molecule has 7 heteroatoms. The molecule has 0 aliphatic carbocycles. The van der Waals surface area contributed by atoms with Crippen molar-refractivity contribution in [3.05, 3.63) is 20.5 Å². The van der Waals surface area contributed by atoms with Gasteiger partial charge in [0.2, 0.25) is 5.13 Å². The van der Waals surface area contributed by atoms with Crippen molar-refractivity contribution >= 4 is 43.7 Å². The monoisotopic (exact) mass is 290 g/mol. The molecule has 0 radical (unpaired) electrons. The van der Waals surface area contributed by atoms with Gasteiger partial charge in [-0.1, -0.05) is 11.3 Å². The maximum absolute atomic E-state index is 4.19. The fraction of sp³-hybridized carbons (Fsp3) is 0.286. The average molecular weight is 291 g/mol. The summed E-state index contributed by atoms with van der Waals surface area (Å²) < 4.78 is 0.800. The van der Waals surface area contributed by atoms with Crippen LogP contribution in [0.15, 0.2) is 14.8 Å². The predicted molar refractivity (Wildman–Crippen MR) is 61.9 cm³/mol. The minimum absolute atomic E-state index is 0.800. The molecule has 0 unspecified atom stereocenters. The van der Waals surface area contributed by atoms with Gasteiger partial charge < -0.3 is 5.32 Å². The minimum Gasteiger partial charge on any atom is -0.360 e. The van der Waals surface area contributed by atoms with Crippen LogP contribution in [0, 0.1) is 0 Å². The summed E-state index contributed by atoms with van der Waals surface area (Å²) in [5.41, 5.74) is 2.96. The smallest absolute Gasteiger partial charge is 0.206 e. The fourth-order valence-electron chi connectivity index (χ4n) is 0.935. The van der Waals surface area contributed by atoms with Gasteiger partial charge in [0, 0.05) is 18.3 Å². The van der Waals surface area contributed by atoms with Gasteiger partial charge in [-0.3, -0.25) is 0 Å². The summed E-state index contributed by atoms with van der Waals surface area (Å²) in [6, 6.07) is 0. The van der Waals surface area contributed by atoms with E-state index < -0.39 is 0 Å². The lowest BCUT2D eigenvalue weighted by Gasteiger charge is -1.98. The largest absolute Gasteiger partial charge is 0.360 e. The van der Waals surface area contributed by atoms with E-state index in [1.165, 1.54) is 11.3 Å². The summed E-state index contributed by atoms with van der Waals surface area (Å²) in [6.45, 7) is 0.839. The van der Waals surface area contributed by atoms with E-state index >= 15 is 0 Å². The van der Waals surface area contributed by atoms with E-state index in [4.69, 9.17) is 0 Å². The Labute approximate surface area is 97.5 Å². The average Bonchev–Trinajstić information content (AvgIpc) is 2.77. The number of thiazole rings is 1. The van der Waals surface area contributed by atoms with Gasteiger partial charge >= 0.3 is 0 Å². The van der Waals surface area contributed by atoms with E-state index in [-0.39, 0.29) is 0 Å². The second-order valence-corrected chi connectivity index (χ2v) is 5.49. The molecule has 0 saturated heterocycles. The molecule has 1 N–H and O–H groups in total. The highest BCUT2D eigenvalue weighted by molar-refractivity contribution is 9.11. The summed E-state index contributed by atoms with van der Waals surface area (Å²) in [4.78, 5) is 4.19. The van der Waals surface area contributed by atoms with Crippen LogP contribution in [-0.2, 0) is 6.42 Å². The summed E-state index contributed by atoms with van der Waals surface area (Å²) >= 11 is 6.37. The number of aromatic nitrogens is 3. The van der Waals surface area contributed by atoms with E-state index in [0.29, 0.717) is 0 Å². The third kappa shape index (κ3) is 2.73. The molecule has 74 valence electrons. The standard InChI is InChI=1S/C7H7BrN4S2/c8-6-11-12-7(14-6)9-2-1-5-3-13-4-10-5/h3-4H,1-2H2,(H,9,12). The second kappa shape index (κ2) is 4.81. The Balaban J connectivity index is 1.78. The van der Waals surface area contributed by atoms with Gasteiger partial charge in [-0.15, -0.1) is 21.5 Å². The number of hydrogen-bond acceptors (Lipinski definition) is 6. The maximum Gasteiger partial charge on any atom is 0.206 e. The van der Waals surface area contributed by atoms with E-state index in [1.54, 1.807) is 11.3 Å². The lowest BCUT2D eigenvalue weighted by molar-refractivity contribution is 0.961. The van der Waals surface area contributed by atoms with E-state index in [9.17, 15) is 0 Å². The summed E-state index contributed by atoms with van der Waals surface area (Å²) in [5.74, 6) is 0. The van der Waals surface area contributed by atoms with Crippen LogP contribution >= 0.6 is 38.6 Å². The van der Waals surface area contributed by atoms with Gasteiger partial charge in [-0.25, -0.2) is 4.98 Å². The highest BCUT2D eigenvalue weighted by Crippen LogP contribution is 2.19. The molecule has 0 aromatic carbocycles. The topological polar surface area (TPSA) is 50.7 Å². The number of halogens is 1. The molecule has 0 aliphatic heterocycles.